The van der Waals surface area contributed by atoms with Crippen LogP contribution in [0.2, 0.25) is 0 Å². The van der Waals surface area contributed by atoms with Crippen LogP contribution in [0.5, 0.6) is 0 Å². The first-order chi connectivity index (χ1) is 16.6. The lowest BCUT2D eigenvalue weighted by molar-refractivity contribution is 0.103. The Morgan fingerprint density at radius 1 is 1.00 bits per heavy atom. The number of nitrogens with two attached hydrogens (primary N) is 1. The number of halogens is 1. The summed E-state index contributed by atoms with van der Waals surface area (Å²) in [6.07, 6.45) is 2.45. The highest BCUT2D eigenvalue weighted by Crippen LogP contribution is 2.33. The van der Waals surface area contributed by atoms with Gasteiger partial charge in [0.25, 0.3) is 5.56 Å². The minimum absolute atomic E-state index is 0.0766. The molecular weight excluding hydrogens is 528 g/mol. The highest BCUT2D eigenvalue weighted by molar-refractivity contribution is 9.10. The maximum atomic E-state index is 13.7. The SMILES string of the molecule is C/C(N)=C/C(=O)c1c(-c2ccccc2)c2cc(Br)ccc2c(=O)n1Cc1ccc(S(C)(=O)=O)cc1. The fourth-order valence-electron chi connectivity index (χ4n) is 4.02. The molecule has 4 rings (SSSR count). The minimum Gasteiger partial charge on any atom is -0.402 e. The van der Waals surface area contributed by atoms with Gasteiger partial charge in [0.2, 0.25) is 5.78 Å². The number of fused-ring (bicyclic) bond motifs is 1. The summed E-state index contributed by atoms with van der Waals surface area (Å²) in [6, 6.07) is 21.0. The van der Waals surface area contributed by atoms with E-state index >= 15 is 0 Å². The molecule has 0 saturated carbocycles. The van der Waals surface area contributed by atoms with E-state index in [1.807, 2.05) is 36.4 Å². The third kappa shape index (κ3) is 5.13. The van der Waals surface area contributed by atoms with E-state index in [9.17, 15) is 18.0 Å². The van der Waals surface area contributed by atoms with E-state index < -0.39 is 15.6 Å². The number of aromatic nitrogens is 1. The average Bonchev–Trinajstić information content (AvgIpc) is 2.80. The van der Waals surface area contributed by atoms with Gasteiger partial charge in [0.1, 0.15) is 5.69 Å². The summed E-state index contributed by atoms with van der Waals surface area (Å²) in [5.41, 5.74) is 8.13. The van der Waals surface area contributed by atoms with E-state index in [1.165, 1.54) is 22.8 Å². The zero-order valence-electron chi connectivity index (χ0n) is 19.2. The number of carbonyl (C=O) groups excluding carboxylic acids is 1. The van der Waals surface area contributed by atoms with Crippen LogP contribution in [0.25, 0.3) is 21.9 Å². The van der Waals surface area contributed by atoms with Crippen molar-refractivity contribution in [1.29, 1.82) is 0 Å². The summed E-state index contributed by atoms with van der Waals surface area (Å²) >= 11 is 3.49. The van der Waals surface area contributed by atoms with Crippen LogP contribution in [-0.4, -0.2) is 25.0 Å². The van der Waals surface area contributed by atoms with Crippen molar-refractivity contribution in [3.63, 3.8) is 0 Å². The van der Waals surface area contributed by atoms with Crippen molar-refractivity contribution in [3.05, 3.63) is 111 Å². The van der Waals surface area contributed by atoms with E-state index in [1.54, 1.807) is 31.2 Å². The zero-order valence-corrected chi connectivity index (χ0v) is 21.6. The number of sulfone groups is 1. The summed E-state index contributed by atoms with van der Waals surface area (Å²) in [6.45, 7) is 1.69. The third-order valence-electron chi connectivity index (χ3n) is 5.58. The molecule has 1 aromatic heterocycles. The molecule has 3 aromatic carbocycles. The van der Waals surface area contributed by atoms with Crippen LogP contribution in [0.1, 0.15) is 23.0 Å². The van der Waals surface area contributed by atoms with Crippen molar-refractivity contribution in [2.45, 2.75) is 18.4 Å². The fraction of sp³-hybridized carbons (Fsp3) is 0.111. The van der Waals surface area contributed by atoms with E-state index in [0.29, 0.717) is 27.6 Å². The molecule has 0 unspecified atom stereocenters. The molecule has 0 aliphatic heterocycles. The number of nitrogens with zero attached hydrogens (tertiary/aromatic N) is 1. The largest absolute Gasteiger partial charge is 0.402 e. The molecule has 0 amide bonds. The molecule has 0 spiro atoms. The first-order valence-corrected chi connectivity index (χ1v) is 13.4. The van der Waals surface area contributed by atoms with Gasteiger partial charge in [-0.15, -0.1) is 0 Å². The van der Waals surface area contributed by atoms with Crippen molar-refractivity contribution in [2.24, 2.45) is 5.73 Å². The molecule has 4 aromatic rings. The Balaban J connectivity index is 2.07. The summed E-state index contributed by atoms with van der Waals surface area (Å²) < 4.78 is 25.9. The van der Waals surface area contributed by atoms with Gasteiger partial charge in [0.05, 0.1) is 11.4 Å². The molecule has 2 N–H and O–H groups in total. The van der Waals surface area contributed by atoms with Gasteiger partial charge in [0, 0.05) is 33.5 Å². The van der Waals surface area contributed by atoms with Gasteiger partial charge in [-0.2, -0.15) is 0 Å². The van der Waals surface area contributed by atoms with Gasteiger partial charge in [-0.1, -0.05) is 58.4 Å². The third-order valence-corrected chi connectivity index (χ3v) is 7.20. The Kier molecular flexibility index (Phi) is 6.78. The highest BCUT2D eigenvalue weighted by atomic mass is 79.9. The Labute approximate surface area is 211 Å². The van der Waals surface area contributed by atoms with Crippen LogP contribution in [0.3, 0.4) is 0 Å². The molecular formula is C27H23BrN2O4S. The number of ketones is 1. The lowest BCUT2D eigenvalue weighted by atomic mass is 9.94. The predicted molar refractivity (Wildman–Crippen MR) is 142 cm³/mol. The lowest BCUT2D eigenvalue weighted by Crippen LogP contribution is -2.28. The molecule has 1 heterocycles. The highest BCUT2D eigenvalue weighted by Gasteiger charge is 2.23. The number of rotatable bonds is 6. The fourth-order valence-corrected chi connectivity index (χ4v) is 5.01. The Hall–Kier alpha value is -3.49. The molecule has 0 fully saturated rings. The summed E-state index contributed by atoms with van der Waals surface area (Å²) in [5, 5.41) is 1.11. The average molecular weight is 551 g/mol. The summed E-state index contributed by atoms with van der Waals surface area (Å²) in [4.78, 5) is 27.4. The van der Waals surface area contributed by atoms with E-state index in [-0.39, 0.29) is 22.7 Å². The molecule has 0 bridgehead atoms. The molecule has 0 aliphatic rings. The Bertz CT molecular complexity index is 1640. The van der Waals surface area contributed by atoms with Crippen LogP contribution in [0.4, 0.5) is 0 Å². The normalized spacial score (nSPS) is 12.1. The first-order valence-electron chi connectivity index (χ1n) is 10.7. The number of hydrogen-bond acceptors (Lipinski definition) is 5. The maximum absolute atomic E-state index is 13.7. The van der Waals surface area contributed by atoms with Crippen molar-refractivity contribution < 1.29 is 13.2 Å². The second kappa shape index (κ2) is 9.64. The van der Waals surface area contributed by atoms with Crippen LogP contribution < -0.4 is 11.3 Å². The van der Waals surface area contributed by atoms with Gasteiger partial charge in [-0.05, 0) is 53.8 Å². The monoisotopic (exact) mass is 550 g/mol. The molecule has 6 nitrogen and oxygen atoms in total. The van der Waals surface area contributed by atoms with Gasteiger partial charge < -0.3 is 5.73 Å². The standard InChI is InChI=1S/C27H23BrN2O4S/c1-17(29)14-24(31)26-25(19-6-4-3-5-7-19)23-15-20(28)10-13-22(23)27(32)30(26)16-18-8-11-21(12-9-18)35(2,33)34/h3-15H,16,29H2,1-2H3/b17-14-. The van der Waals surface area contributed by atoms with Crippen LogP contribution in [0, 0.1) is 0 Å². The minimum atomic E-state index is -3.36. The first kappa shape index (κ1) is 24.6. The van der Waals surface area contributed by atoms with Crippen molar-refractivity contribution in [3.8, 4) is 11.1 Å². The van der Waals surface area contributed by atoms with Crippen molar-refractivity contribution in [2.75, 3.05) is 6.26 Å². The molecule has 0 aliphatic carbocycles. The smallest absolute Gasteiger partial charge is 0.259 e. The number of hydrogen-bond donors (Lipinski definition) is 1. The number of pyridine rings is 1. The molecule has 8 heteroatoms. The van der Waals surface area contributed by atoms with Gasteiger partial charge in [-0.25, -0.2) is 8.42 Å². The van der Waals surface area contributed by atoms with Crippen molar-refractivity contribution >= 4 is 42.3 Å². The van der Waals surface area contributed by atoms with E-state index in [0.717, 1.165) is 16.3 Å². The summed E-state index contributed by atoms with van der Waals surface area (Å²) in [7, 11) is -3.36. The Morgan fingerprint density at radius 2 is 1.66 bits per heavy atom. The van der Waals surface area contributed by atoms with E-state index in [4.69, 9.17) is 5.73 Å². The zero-order chi connectivity index (χ0) is 25.3. The second-order valence-corrected chi connectivity index (χ2v) is 11.3. The molecule has 0 atom stereocenters. The summed E-state index contributed by atoms with van der Waals surface area (Å²) in [5.74, 6) is -0.393. The molecule has 35 heavy (non-hydrogen) atoms. The molecule has 0 radical (unpaired) electrons. The quantitative estimate of drug-likeness (QED) is 0.271. The second-order valence-electron chi connectivity index (χ2n) is 8.34. The molecule has 178 valence electrons. The lowest BCUT2D eigenvalue weighted by Gasteiger charge is -2.19. The van der Waals surface area contributed by atoms with Crippen LogP contribution in [0.15, 0.2) is 98.7 Å². The van der Waals surface area contributed by atoms with Crippen molar-refractivity contribution in [1.82, 2.24) is 4.57 Å². The predicted octanol–water partition coefficient (Wildman–Crippen LogP) is 4.93. The van der Waals surface area contributed by atoms with Crippen LogP contribution in [-0.2, 0) is 16.4 Å². The van der Waals surface area contributed by atoms with Crippen LogP contribution >= 0.6 is 15.9 Å². The number of carbonyl (C=O) groups is 1. The molecule has 0 saturated heterocycles. The van der Waals surface area contributed by atoms with E-state index in [2.05, 4.69) is 15.9 Å². The maximum Gasteiger partial charge on any atom is 0.259 e. The number of benzene rings is 3. The number of allylic oxidation sites excluding steroid dienone is 2. The topological polar surface area (TPSA) is 99.2 Å². The van der Waals surface area contributed by atoms with Gasteiger partial charge >= 0.3 is 0 Å². The Morgan fingerprint density at radius 3 is 2.26 bits per heavy atom. The van der Waals surface area contributed by atoms with Gasteiger partial charge in [0.15, 0.2) is 9.84 Å². The van der Waals surface area contributed by atoms with Gasteiger partial charge in [-0.3, -0.25) is 14.2 Å².